The standard InChI is InChI=1S/C21H20FNO5S/c1-26-15-8-9-16-17(12-15)27-21-18(16)20(29-11-3-2-10-23(24)25)19(28-21)13-4-6-14(22)7-5-13/h4-9,12,18,21H,2-3,10-11H2,1H3. The molecule has 0 radical (unpaired) electrons. The smallest absolute Gasteiger partial charge is 0.252 e. The fourth-order valence-corrected chi connectivity index (χ4v) is 4.79. The summed E-state index contributed by atoms with van der Waals surface area (Å²) in [6, 6.07) is 11.9. The van der Waals surface area contributed by atoms with Crippen LogP contribution in [0, 0.1) is 15.9 Å². The molecular weight excluding hydrogens is 397 g/mol. The molecule has 0 N–H and O–H groups in total. The van der Waals surface area contributed by atoms with Gasteiger partial charge in [-0.3, -0.25) is 10.1 Å². The second-order valence-corrected chi connectivity index (χ2v) is 7.93. The molecular formula is C21H20FNO5S. The van der Waals surface area contributed by atoms with E-state index in [4.69, 9.17) is 14.2 Å². The zero-order valence-electron chi connectivity index (χ0n) is 15.8. The van der Waals surface area contributed by atoms with Crippen LogP contribution in [0.4, 0.5) is 4.39 Å². The molecule has 4 rings (SSSR count). The third-order valence-electron chi connectivity index (χ3n) is 4.91. The van der Waals surface area contributed by atoms with Crippen LogP contribution in [-0.2, 0) is 4.74 Å². The summed E-state index contributed by atoms with van der Waals surface area (Å²) >= 11 is 1.62. The summed E-state index contributed by atoms with van der Waals surface area (Å²) in [7, 11) is 1.60. The highest BCUT2D eigenvalue weighted by Crippen LogP contribution is 2.55. The molecule has 2 aromatic rings. The lowest BCUT2D eigenvalue weighted by Gasteiger charge is -2.12. The second kappa shape index (κ2) is 8.32. The van der Waals surface area contributed by atoms with Gasteiger partial charge in [0.2, 0.25) is 6.54 Å². The fraction of sp³-hybridized carbons (Fsp3) is 0.333. The molecule has 0 spiro atoms. The summed E-state index contributed by atoms with van der Waals surface area (Å²) in [5, 5.41) is 10.5. The monoisotopic (exact) mass is 417 g/mol. The van der Waals surface area contributed by atoms with Crippen molar-refractivity contribution in [3.8, 4) is 11.5 Å². The van der Waals surface area contributed by atoms with Gasteiger partial charge in [-0.25, -0.2) is 4.39 Å². The molecule has 29 heavy (non-hydrogen) atoms. The first-order chi connectivity index (χ1) is 14.1. The van der Waals surface area contributed by atoms with Crippen LogP contribution < -0.4 is 9.47 Å². The first-order valence-corrected chi connectivity index (χ1v) is 10.3. The normalized spacial score (nSPS) is 19.4. The number of methoxy groups -OCH3 is 1. The topological polar surface area (TPSA) is 70.8 Å². The number of ether oxygens (including phenoxy) is 3. The van der Waals surface area contributed by atoms with Crippen molar-refractivity contribution in [2.24, 2.45) is 0 Å². The number of unbranched alkanes of at least 4 members (excludes halogenated alkanes) is 1. The molecule has 0 amide bonds. The molecule has 2 atom stereocenters. The average molecular weight is 417 g/mol. The third kappa shape index (κ3) is 4.03. The molecule has 8 heteroatoms. The van der Waals surface area contributed by atoms with Gasteiger partial charge < -0.3 is 14.2 Å². The van der Waals surface area contributed by atoms with Crippen molar-refractivity contribution in [3.63, 3.8) is 0 Å². The van der Waals surface area contributed by atoms with E-state index < -0.39 is 6.29 Å². The summed E-state index contributed by atoms with van der Waals surface area (Å²) in [5.74, 6) is 2.45. The van der Waals surface area contributed by atoms with Gasteiger partial charge in [0.1, 0.15) is 23.1 Å². The number of fused-ring (bicyclic) bond motifs is 3. The molecule has 2 aliphatic heterocycles. The Kier molecular flexibility index (Phi) is 5.62. The maximum Gasteiger partial charge on any atom is 0.252 e. The lowest BCUT2D eigenvalue weighted by molar-refractivity contribution is -0.480. The number of halogens is 1. The predicted octanol–water partition coefficient (Wildman–Crippen LogP) is 4.83. The number of thioether (sulfide) groups is 1. The highest BCUT2D eigenvalue weighted by atomic mass is 32.2. The number of nitro groups is 1. The molecule has 0 saturated heterocycles. The summed E-state index contributed by atoms with van der Waals surface area (Å²) in [6.45, 7) is -0.0290. The predicted molar refractivity (Wildman–Crippen MR) is 108 cm³/mol. The Hall–Kier alpha value is -2.74. The number of hydrogen-bond donors (Lipinski definition) is 0. The van der Waals surface area contributed by atoms with Crippen molar-refractivity contribution in [1.29, 1.82) is 0 Å². The Balaban J connectivity index is 1.61. The van der Waals surface area contributed by atoms with E-state index in [1.54, 1.807) is 31.0 Å². The third-order valence-corrected chi connectivity index (χ3v) is 6.15. The lowest BCUT2D eigenvalue weighted by atomic mass is 9.99. The van der Waals surface area contributed by atoms with E-state index in [1.807, 2.05) is 18.2 Å². The number of hydrogen-bond acceptors (Lipinski definition) is 6. The van der Waals surface area contributed by atoms with E-state index >= 15 is 0 Å². The number of rotatable bonds is 8. The maximum atomic E-state index is 13.4. The lowest BCUT2D eigenvalue weighted by Crippen LogP contribution is -2.16. The minimum absolute atomic E-state index is 0.0290. The van der Waals surface area contributed by atoms with E-state index in [-0.39, 0.29) is 23.2 Å². The quantitative estimate of drug-likeness (QED) is 0.348. The molecule has 0 bridgehead atoms. The van der Waals surface area contributed by atoms with Crippen LogP contribution in [-0.4, -0.2) is 30.6 Å². The highest BCUT2D eigenvalue weighted by Gasteiger charge is 2.46. The minimum atomic E-state index is -0.488. The summed E-state index contributed by atoms with van der Waals surface area (Å²) in [5.41, 5.74) is 1.80. The van der Waals surface area contributed by atoms with Crippen LogP contribution in [0.2, 0.25) is 0 Å². The van der Waals surface area contributed by atoms with E-state index in [2.05, 4.69) is 0 Å². The maximum absolute atomic E-state index is 13.4. The number of benzene rings is 2. The molecule has 2 aliphatic rings. The highest BCUT2D eigenvalue weighted by molar-refractivity contribution is 8.03. The Morgan fingerprint density at radius 2 is 1.97 bits per heavy atom. The van der Waals surface area contributed by atoms with Crippen molar-refractivity contribution in [2.45, 2.75) is 25.0 Å². The van der Waals surface area contributed by atoms with Gasteiger partial charge >= 0.3 is 0 Å². The van der Waals surface area contributed by atoms with Gasteiger partial charge in [0.05, 0.1) is 13.0 Å². The summed E-state index contributed by atoms with van der Waals surface area (Å²) in [4.78, 5) is 11.2. The van der Waals surface area contributed by atoms with Gasteiger partial charge in [0.15, 0.2) is 0 Å². The first-order valence-electron chi connectivity index (χ1n) is 9.33. The van der Waals surface area contributed by atoms with Gasteiger partial charge in [0.25, 0.3) is 6.29 Å². The van der Waals surface area contributed by atoms with Gasteiger partial charge in [0, 0.05) is 33.4 Å². The Morgan fingerprint density at radius 1 is 1.17 bits per heavy atom. The molecule has 2 heterocycles. The van der Waals surface area contributed by atoms with Gasteiger partial charge in [-0.2, -0.15) is 0 Å². The Morgan fingerprint density at radius 3 is 2.69 bits per heavy atom. The van der Waals surface area contributed by atoms with Crippen molar-refractivity contribution < 1.29 is 23.5 Å². The molecule has 2 unspecified atom stereocenters. The van der Waals surface area contributed by atoms with Crippen LogP contribution in [0.15, 0.2) is 47.4 Å². The second-order valence-electron chi connectivity index (χ2n) is 6.80. The summed E-state index contributed by atoms with van der Waals surface area (Å²) < 4.78 is 30.8. The zero-order valence-corrected chi connectivity index (χ0v) is 16.6. The van der Waals surface area contributed by atoms with Crippen molar-refractivity contribution in [3.05, 3.63) is 74.4 Å². The largest absolute Gasteiger partial charge is 0.497 e. The zero-order chi connectivity index (χ0) is 20.4. The van der Waals surface area contributed by atoms with Gasteiger partial charge in [-0.15, -0.1) is 11.8 Å². The van der Waals surface area contributed by atoms with Crippen LogP contribution in [0.25, 0.3) is 5.76 Å². The van der Waals surface area contributed by atoms with Crippen molar-refractivity contribution in [2.75, 3.05) is 19.4 Å². The van der Waals surface area contributed by atoms with Gasteiger partial charge in [-0.05, 0) is 42.5 Å². The van der Waals surface area contributed by atoms with Gasteiger partial charge in [-0.1, -0.05) is 6.07 Å². The van der Waals surface area contributed by atoms with E-state index in [1.165, 1.54) is 12.1 Å². The molecule has 0 aliphatic carbocycles. The Bertz CT molecular complexity index is 947. The van der Waals surface area contributed by atoms with E-state index in [0.29, 0.717) is 17.9 Å². The summed E-state index contributed by atoms with van der Waals surface area (Å²) in [6.07, 6.45) is 0.760. The van der Waals surface area contributed by atoms with Crippen molar-refractivity contribution >= 4 is 17.5 Å². The number of nitrogens with zero attached hydrogens (tertiary/aromatic N) is 1. The van der Waals surface area contributed by atoms with E-state index in [0.717, 1.165) is 34.0 Å². The molecule has 6 nitrogen and oxygen atoms in total. The first kappa shape index (κ1) is 19.6. The minimum Gasteiger partial charge on any atom is -0.497 e. The van der Waals surface area contributed by atoms with Crippen LogP contribution in [0.3, 0.4) is 0 Å². The molecule has 0 aromatic heterocycles. The Labute approximate surface area is 171 Å². The average Bonchev–Trinajstić information content (AvgIpc) is 3.23. The van der Waals surface area contributed by atoms with Crippen LogP contribution in [0.5, 0.6) is 11.5 Å². The fourth-order valence-electron chi connectivity index (χ4n) is 3.50. The van der Waals surface area contributed by atoms with E-state index in [9.17, 15) is 14.5 Å². The SMILES string of the molecule is COc1ccc2c(c1)OC1OC(c3ccc(F)cc3)=C(SCCCC[N+](=O)[O-])C21. The molecule has 152 valence electrons. The molecule has 0 saturated carbocycles. The van der Waals surface area contributed by atoms with Crippen LogP contribution >= 0.6 is 11.8 Å². The van der Waals surface area contributed by atoms with Crippen LogP contribution in [0.1, 0.15) is 29.9 Å². The molecule has 0 fully saturated rings. The molecule has 2 aromatic carbocycles. The van der Waals surface area contributed by atoms with Crippen molar-refractivity contribution in [1.82, 2.24) is 0 Å².